The predicted molar refractivity (Wildman–Crippen MR) is 105 cm³/mol. The molecule has 0 aromatic heterocycles. The SMILES string of the molecule is CCOc1ccc(/C=C2\SC(N(C)c3ccc(Cl)cc3)=NC2=O)cc1. The van der Waals surface area contributed by atoms with Gasteiger partial charge in [0.15, 0.2) is 5.17 Å². The van der Waals surface area contributed by atoms with Crippen molar-refractivity contribution in [3.8, 4) is 5.75 Å². The smallest absolute Gasteiger partial charge is 0.286 e. The number of halogens is 1. The minimum Gasteiger partial charge on any atom is -0.494 e. The van der Waals surface area contributed by atoms with Gasteiger partial charge in [-0.05, 0) is 66.7 Å². The first-order chi connectivity index (χ1) is 12.1. The summed E-state index contributed by atoms with van der Waals surface area (Å²) < 4.78 is 5.43. The Kier molecular flexibility index (Phi) is 5.46. The molecular formula is C19H17ClN2O2S. The van der Waals surface area contributed by atoms with E-state index in [0.717, 1.165) is 17.0 Å². The van der Waals surface area contributed by atoms with Crippen molar-refractivity contribution in [3.63, 3.8) is 0 Å². The summed E-state index contributed by atoms with van der Waals surface area (Å²) in [7, 11) is 1.88. The number of nitrogens with zero attached hydrogens (tertiary/aromatic N) is 2. The van der Waals surface area contributed by atoms with E-state index in [1.807, 2.05) is 73.5 Å². The molecule has 1 aliphatic heterocycles. The fourth-order valence-corrected chi connectivity index (χ4v) is 3.32. The summed E-state index contributed by atoms with van der Waals surface area (Å²) in [5, 5.41) is 1.31. The van der Waals surface area contributed by atoms with Crippen LogP contribution in [0.2, 0.25) is 5.02 Å². The van der Waals surface area contributed by atoms with E-state index in [0.29, 0.717) is 21.7 Å². The molecule has 0 unspecified atom stereocenters. The largest absolute Gasteiger partial charge is 0.494 e. The first-order valence-electron chi connectivity index (χ1n) is 7.81. The maximum atomic E-state index is 12.2. The summed E-state index contributed by atoms with van der Waals surface area (Å²) in [5.74, 6) is 0.587. The Morgan fingerprint density at radius 3 is 2.48 bits per heavy atom. The molecule has 1 heterocycles. The van der Waals surface area contributed by atoms with Gasteiger partial charge in [-0.15, -0.1) is 0 Å². The molecule has 3 rings (SSSR count). The topological polar surface area (TPSA) is 41.9 Å². The molecule has 0 bridgehead atoms. The maximum Gasteiger partial charge on any atom is 0.286 e. The number of ether oxygens (including phenoxy) is 1. The van der Waals surface area contributed by atoms with Gasteiger partial charge < -0.3 is 9.64 Å². The monoisotopic (exact) mass is 372 g/mol. The van der Waals surface area contributed by atoms with Crippen LogP contribution in [0.1, 0.15) is 12.5 Å². The number of amides is 1. The highest BCUT2D eigenvalue weighted by Crippen LogP contribution is 2.32. The minimum absolute atomic E-state index is 0.227. The second-order valence-electron chi connectivity index (χ2n) is 5.35. The van der Waals surface area contributed by atoms with Gasteiger partial charge in [-0.1, -0.05) is 23.7 Å². The number of anilines is 1. The van der Waals surface area contributed by atoms with Gasteiger partial charge in [0.05, 0.1) is 11.5 Å². The zero-order valence-corrected chi connectivity index (χ0v) is 15.5. The van der Waals surface area contributed by atoms with Crippen LogP contribution in [0.15, 0.2) is 58.4 Å². The molecule has 0 fully saturated rings. The lowest BCUT2D eigenvalue weighted by molar-refractivity contribution is -0.113. The molecule has 0 radical (unpaired) electrons. The lowest BCUT2D eigenvalue weighted by Gasteiger charge is -2.17. The van der Waals surface area contributed by atoms with E-state index in [1.54, 1.807) is 0 Å². The van der Waals surface area contributed by atoms with E-state index < -0.39 is 0 Å². The summed E-state index contributed by atoms with van der Waals surface area (Å²) in [5.41, 5.74) is 1.86. The van der Waals surface area contributed by atoms with Crippen LogP contribution in [0.25, 0.3) is 6.08 Å². The Balaban J connectivity index is 1.74. The molecule has 0 aliphatic carbocycles. The van der Waals surface area contributed by atoms with Gasteiger partial charge in [-0.3, -0.25) is 4.79 Å². The van der Waals surface area contributed by atoms with Crippen LogP contribution in [-0.2, 0) is 4.79 Å². The molecular weight excluding hydrogens is 356 g/mol. The van der Waals surface area contributed by atoms with Gasteiger partial charge in [0.25, 0.3) is 5.91 Å². The third-order valence-electron chi connectivity index (χ3n) is 3.60. The predicted octanol–water partition coefficient (Wildman–Crippen LogP) is 4.85. The Bertz CT molecular complexity index is 830. The molecule has 1 amide bonds. The summed E-state index contributed by atoms with van der Waals surface area (Å²) in [6, 6.07) is 15.0. The second kappa shape index (κ2) is 7.76. The highest BCUT2D eigenvalue weighted by Gasteiger charge is 2.25. The number of aliphatic imine (C=N–C) groups is 1. The van der Waals surface area contributed by atoms with Crippen LogP contribution in [-0.4, -0.2) is 24.7 Å². The number of rotatable bonds is 4. The molecule has 4 nitrogen and oxygen atoms in total. The van der Waals surface area contributed by atoms with E-state index in [2.05, 4.69) is 4.99 Å². The van der Waals surface area contributed by atoms with Crippen molar-refractivity contribution >= 4 is 46.2 Å². The number of hydrogen-bond donors (Lipinski definition) is 0. The van der Waals surface area contributed by atoms with Crippen molar-refractivity contribution in [2.45, 2.75) is 6.92 Å². The van der Waals surface area contributed by atoms with Crippen LogP contribution in [0, 0.1) is 0 Å². The van der Waals surface area contributed by atoms with E-state index >= 15 is 0 Å². The number of hydrogen-bond acceptors (Lipinski definition) is 4. The van der Waals surface area contributed by atoms with Crippen LogP contribution in [0.4, 0.5) is 5.69 Å². The second-order valence-corrected chi connectivity index (χ2v) is 6.79. The van der Waals surface area contributed by atoms with Gasteiger partial charge in [-0.2, -0.15) is 4.99 Å². The van der Waals surface area contributed by atoms with Crippen molar-refractivity contribution in [1.82, 2.24) is 0 Å². The molecule has 2 aromatic carbocycles. The van der Waals surface area contributed by atoms with Crippen molar-refractivity contribution in [2.75, 3.05) is 18.6 Å². The van der Waals surface area contributed by atoms with E-state index in [9.17, 15) is 4.79 Å². The molecule has 25 heavy (non-hydrogen) atoms. The summed E-state index contributed by atoms with van der Waals surface area (Å²) >= 11 is 7.28. The van der Waals surface area contributed by atoms with Gasteiger partial charge in [0, 0.05) is 17.8 Å². The van der Waals surface area contributed by atoms with Gasteiger partial charge in [0.1, 0.15) is 5.75 Å². The molecule has 128 valence electrons. The van der Waals surface area contributed by atoms with Gasteiger partial charge >= 0.3 is 0 Å². The van der Waals surface area contributed by atoms with Crippen LogP contribution in [0.5, 0.6) is 5.75 Å². The number of thioether (sulfide) groups is 1. The molecule has 0 N–H and O–H groups in total. The standard InChI is InChI=1S/C19H17ClN2O2S/c1-3-24-16-10-4-13(5-11-16)12-17-18(23)21-19(25-17)22(2)15-8-6-14(20)7-9-15/h4-12H,3H2,1-2H3/b17-12-. The van der Waals surface area contributed by atoms with Gasteiger partial charge in [-0.25, -0.2) is 0 Å². The van der Waals surface area contributed by atoms with Crippen LogP contribution >= 0.6 is 23.4 Å². The summed E-state index contributed by atoms with van der Waals surface area (Å²) in [6.45, 7) is 2.57. The van der Waals surface area contributed by atoms with E-state index in [1.165, 1.54) is 11.8 Å². The van der Waals surface area contributed by atoms with Crippen molar-refractivity contribution in [3.05, 3.63) is 64.0 Å². The maximum absolute atomic E-state index is 12.2. The summed E-state index contributed by atoms with van der Waals surface area (Å²) in [6.07, 6.45) is 1.84. The number of carbonyl (C=O) groups is 1. The minimum atomic E-state index is -0.227. The lowest BCUT2D eigenvalue weighted by atomic mass is 10.2. The van der Waals surface area contributed by atoms with Crippen molar-refractivity contribution in [2.24, 2.45) is 4.99 Å². The zero-order chi connectivity index (χ0) is 17.8. The Morgan fingerprint density at radius 2 is 1.84 bits per heavy atom. The highest BCUT2D eigenvalue weighted by atomic mass is 35.5. The normalized spacial score (nSPS) is 15.4. The van der Waals surface area contributed by atoms with E-state index in [4.69, 9.17) is 16.3 Å². The Morgan fingerprint density at radius 1 is 1.16 bits per heavy atom. The number of carbonyl (C=O) groups excluding carboxylic acids is 1. The average molecular weight is 373 g/mol. The highest BCUT2D eigenvalue weighted by molar-refractivity contribution is 8.18. The Labute approximate surface area is 156 Å². The first-order valence-corrected chi connectivity index (χ1v) is 9.01. The van der Waals surface area contributed by atoms with E-state index in [-0.39, 0.29) is 5.91 Å². The molecule has 1 aliphatic rings. The Hall–Kier alpha value is -2.24. The molecule has 2 aromatic rings. The first kappa shape index (κ1) is 17.6. The molecule has 6 heteroatoms. The zero-order valence-electron chi connectivity index (χ0n) is 13.9. The average Bonchev–Trinajstić information content (AvgIpc) is 2.98. The van der Waals surface area contributed by atoms with Crippen molar-refractivity contribution < 1.29 is 9.53 Å². The summed E-state index contributed by atoms with van der Waals surface area (Å²) in [4.78, 5) is 18.8. The fraction of sp³-hybridized carbons (Fsp3) is 0.158. The molecule has 0 atom stereocenters. The molecule has 0 saturated heterocycles. The van der Waals surface area contributed by atoms with Crippen LogP contribution in [0.3, 0.4) is 0 Å². The number of benzene rings is 2. The molecule has 0 spiro atoms. The lowest BCUT2D eigenvalue weighted by Crippen LogP contribution is -2.21. The number of amidine groups is 1. The van der Waals surface area contributed by atoms with Crippen molar-refractivity contribution in [1.29, 1.82) is 0 Å². The quantitative estimate of drug-likeness (QED) is 0.720. The van der Waals surface area contributed by atoms with Crippen LogP contribution < -0.4 is 9.64 Å². The third-order valence-corrected chi connectivity index (χ3v) is 4.91. The third kappa shape index (κ3) is 4.24. The van der Waals surface area contributed by atoms with Gasteiger partial charge in [0.2, 0.25) is 0 Å². The molecule has 0 saturated carbocycles. The fourth-order valence-electron chi connectivity index (χ4n) is 2.29.